The predicted molar refractivity (Wildman–Crippen MR) is 66.0 cm³/mol. The zero-order chi connectivity index (χ0) is 12.3. The summed E-state index contributed by atoms with van der Waals surface area (Å²) >= 11 is 0. The molecule has 1 aromatic rings. The smallest absolute Gasteiger partial charge is 0.335 e. The molecule has 0 aliphatic heterocycles. The van der Waals surface area contributed by atoms with Gasteiger partial charge in [0.15, 0.2) is 0 Å². The molecule has 0 bridgehead atoms. The Labute approximate surface area is 97.3 Å². The zero-order valence-electron chi connectivity index (χ0n) is 10.4. The van der Waals surface area contributed by atoms with E-state index in [1.807, 2.05) is 12.1 Å². The third kappa shape index (κ3) is 3.09. The fourth-order valence-electron chi connectivity index (χ4n) is 1.89. The summed E-state index contributed by atoms with van der Waals surface area (Å²) in [5.41, 5.74) is 2.82. The molecule has 0 saturated heterocycles. The number of aromatic carboxylic acids is 1. The van der Waals surface area contributed by atoms with Crippen molar-refractivity contribution in [3.05, 3.63) is 34.9 Å². The molecule has 2 heteroatoms. The van der Waals surface area contributed by atoms with Crippen LogP contribution in [0.5, 0.6) is 0 Å². The van der Waals surface area contributed by atoms with E-state index in [0.717, 1.165) is 12.0 Å². The fraction of sp³-hybridized carbons (Fsp3) is 0.500. The van der Waals surface area contributed by atoms with Crippen LogP contribution in [0.3, 0.4) is 0 Å². The van der Waals surface area contributed by atoms with Crippen LogP contribution in [0.2, 0.25) is 0 Å². The van der Waals surface area contributed by atoms with E-state index in [2.05, 4.69) is 27.7 Å². The summed E-state index contributed by atoms with van der Waals surface area (Å²) in [5.74, 6) is 0.110. The highest BCUT2D eigenvalue weighted by Gasteiger charge is 2.11. The highest BCUT2D eigenvalue weighted by Crippen LogP contribution is 2.23. The molecule has 16 heavy (non-hydrogen) atoms. The van der Waals surface area contributed by atoms with Gasteiger partial charge in [-0.05, 0) is 41.5 Å². The van der Waals surface area contributed by atoms with Crippen LogP contribution in [0.25, 0.3) is 0 Å². The van der Waals surface area contributed by atoms with Crippen LogP contribution in [0, 0.1) is 5.92 Å². The molecule has 0 aromatic heterocycles. The van der Waals surface area contributed by atoms with Gasteiger partial charge in [-0.3, -0.25) is 0 Å². The van der Waals surface area contributed by atoms with Crippen LogP contribution >= 0.6 is 0 Å². The molecule has 0 aliphatic rings. The average Bonchev–Trinajstić information content (AvgIpc) is 2.16. The van der Waals surface area contributed by atoms with Crippen LogP contribution in [-0.2, 0) is 6.42 Å². The molecule has 0 spiro atoms. The van der Waals surface area contributed by atoms with Crippen molar-refractivity contribution in [2.24, 2.45) is 5.92 Å². The molecule has 0 saturated carbocycles. The third-order valence-electron chi connectivity index (χ3n) is 2.64. The Morgan fingerprint density at radius 1 is 1.25 bits per heavy atom. The third-order valence-corrected chi connectivity index (χ3v) is 2.64. The van der Waals surface area contributed by atoms with Gasteiger partial charge in [-0.2, -0.15) is 0 Å². The van der Waals surface area contributed by atoms with E-state index in [4.69, 9.17) is 5.11 Å². The first-order chi connectivity index (χ1) is 7.41. The number of carboxylic acid groups (broad SMARTS) is 1. The molecule has 0 atom stereocenters. The Hall–Kier alpha value is -1.31. The van der Waals surface area contributed by atoms with Gasteiger partial charge in [0.2, 0.25) is 0 Å². The maximum Gasteiger partial charge on any atom is 0.335 e. The first kappa shape index (κ1) is 12.8. The van der Waals surface area contributed by atoms with Crippen LogP contribution in [0.4, 0.5) is 0 Å². The van der Waals surface area contributed by atoms with Crippen LogP contribution < -0.4 is 0 Å². The lowest BCUT2D eigenvalue weighted by Crippen LogP contribution is -2.04. The summed E-state index contributed by atoms with van der Waals surface area (Å²) in [5, 5.41) is 8.96. The molecule has 1 rings (SSSR count). The molecule has 1 N–H and O–H groups in total. The Balaban J connectivity index is 3.14. The number of carboxylic acids is 1. The highest BCUT2D eigenvalue weighted by atomic mass is 16.4. The van der Waals surface area contributed by atoms with Gasteiger partial charge in [0.25, 0.3) is 0 Å². The monoisotopic (exact) mass is 220 g/mol. The van der Waals surface area contributed by atoms with E-state index >= 15 is 0 Å². The second kappa shape index (κ2) is 5.15. The molecule has 0 fully saturated rings. The molecule has 0 heterocycles. The second-order valence-corrected chi connectivity index (χ2v) is 4.97. The molecule has 0 aliphatic carbocycles. The van der Waals surface area contributed by atoms with E-state index in [1.54, 1.807) is 6.07 Å². The Kier molecular flexibility index (Phi) is 4.11. The van der Waals surface area contributed by atoms with Gasteiger partial charge in [0.05, 0.1) is 5.56 Å². The molecule has 0 amide bonds. The SMILES string of the molecule is CC(C)Cc1ccc(C(=O)O)cc1C(C)C. The minimum absolute atomic E-state index is 0.369. The summed E-state index contributed by atoms with van der Waals surface area (Å²) in [4.78, 5) is 10.9. The summed E-state index contributed by atoms with van der Waals surface area (Å²) in [6.45, 7) is 8.56. The summed E-state index contributed by atoms with van der Waals surface area (Å²) < 4.78 is 0. The van der Waals surface area contributed by atoms with Crippen LogP contribution in [0.15, 0.2) is 18.2 Å². The van der Waals surface area contributed by atoms with Gasteiger partial charge in [0, 0.05) is 0 Å². The Bertz CT molecular complexity index is 378. The van der Waals surface area contributed by atoms with Crippen molar-refractivity contribution >= 4 is 5.97 Å². The number of carbonyl (C=O) groups is 1. The number of benzene rings is 1. The molecule has 0 radical (unpaired) electrons. The van der Waals surface area contributed by atoms with Gasteiger partial charge in [-0.15, -0.1) is 0 Å². The number of hydrogen-bond donors (Lipinski definition) is 1. The van der Waals surface area contributed by atoms with Crippen molar-refractivity contribution in [1.82, 2.24) is 0 Å². The van der Waals surface area contributed by atoms with Crippen molar-refractivity contribution in [3.8, 4) is 0 Å². The number of rotatable bonds is 4. The lowest BCUT2D eigenvalue weighted by atomic mass is 9.90. The lowest BCUT2D eigenvalue weighted by Gasteiger charge is -2.15. The van der Waals surface area contributed by atoms with Crippen molar-refractivity contribution in [2.45, 2.75) is 40.0 Å². The van der Waals surface area contributed by atoms with Crippen LogP contribution in [0.1, 0.15) is 55.1 Å². The Morgan fingerprint density at radius 2 is 1.88 bits per heavy atom. The molecule has 2 nitrogen and oxygen atoms in total. The van der Waals surface area contributed by atoms with E-state index in [9.17, 15) is 4.79 Å². The fourth-order valence-corrected chi connectivity index (χ4v) is 1.89. The normalized spacial score (nSPS) is 11.1. The van der Waals surface area contributed by atoms with Gasteiger partial charge in [-0.1, -0.05) is 33.8 Å². The lowest BCUT2D eigenvalue weighted by molar-refractivity contribution is 0.0697. The van der Waals surface area contributed by atoms with E-state index in [0.29, 0.717) is 17.4 Å². The summed E-state index contributed by atoms with van der Waals surface area (Å²) in [6, 6.07) is 5.47. The molecule has 88 valence electrons. The van der Waals surface area contributed by atoms with Gasteiger partial charge in [0.1, 0.15) is 0 Å². The summed E-state index contributed by atoms with van der Waals surface area (Å²) in [7, 11) is 0. The average molecular weight is 220 g/mol. The highest BCUT2D eigenvalue weighted by molar-refractivity contribution is 5.87. The van der Waals surface area contributed by atoms with E-state index in [-0.39, 0.29) is 0 Å². The Morgan fingerprint density at radius 3 is 2.31 bits per heavy atom. The van der Waals surface area contributed by atoms with E-state index in [1.165, 1.54) is 5.56 Å². The van der Waals surface area contributed by atoms with Crippen molar-refractivity contribution < 1.29 is 9.90 Å². The predicted octanol–water partition coefficient (Wildman–Crippen LogP) is 3.71. The quantitative estimate of drug-likeness (QED) is 0.840. The minimum Gasteiger partial charge on any atom is -0.478 e. The van der Waals surface area contributed by atoms with E-state index < -0.39 is 5.97 Å². The topological polar surface area (TPSA) is 37.3 Å². The first-order valence-corrected chi connectivity index (χ1v) is 5.78. The molecular weight excluding hydrogens is 200 g/mol. The van der Waals surface area contributed by atoms with Gasteiger partial charge >= 0.3 is 5.97 Å². The largest absolute Gasteiger partial charge is 0.478 e. The first-order valence-electron chi connectivity index (χ1n) is 5.78. The standard InChI is InChI=1S/C14H20O2/c1-9(2)7-11-5-6-12(14(15)16)8-13(11)10(3)4/h5-6,8-10H,7H2,1-4H3,(H,15,16). The van der Waals surface area contributed by atoms with Gasteiger partial charge in [-0.25, -0.2) is 4.79 Å². The van der Waals surface area contributed by atoms with Crippen molar-refractivity contribution in [2.75, 3.05) is 0 Å². The maximum atomic E-state index is 10.9. The maximum absolute atomic E-state index is 10.9. The van der Waals surface area contributed by atoms with Crippen molar-refractivity contribution in [1.29, 1.82) is 0 Å². The molecule has 0 unspecified atom stereocenters. The minimum atomic E-state index is -0.849. The van der Waals surface area contributed by atoms with Gasteiger partial charge < -0.3 is 5.11 Å². The molecule has 1 aromatic carbocycles. The number of hydrogen-bond acceptors (Lipinski definition) is 1. The second-order valence-electron chi connectivity index (χ2n) is 4.97. The molecular formula is C14H20O2. The summed E-state index contributed by atoms with van der Waals surface area (Å²) in [6.07, 6.45) is 1.01. The van der Waals surface area contributed by atoms with Crippen molar-refractivity contribution in [3.63, 3.8) is 0 Å². The zero-order valence-corrected chi connectivity index (χ0v) is 10.4. The van der Waals surface area contributed by atoms with Crippen LogP contribution in [-0.4, -0.2) is 11.1 Å².